The Balaban J connectivity index is 1.80. The molecule has 5 nitrogen and oxygen atoms in total. The van der Waals surface area contributed by atoms with Gasteiger partial charge in [0.15, 0.2) is 5.17 Å². The van der Waals surface area contributed by atoms with Crippen molar-refractivity contribution in [3.63, 3.8) is 0 Å². The third kappa shape index (κ3) is 4.62. The fourth-order valence-electron chi connectivity index (χ4n) is 3.01. The summed E-state index contributed by atoms with van der Waals surface area (Å²) >= 11 is 1.48. The molecule has 146 valence electrons. The van der Waals surface area contributed by atoms with Crippen LogP contribution in [0, 0.1) is 13.8 Å². The zero-order chi connectivity index (χ0) is 20.1. The highest BCUT2D eigenvalue weighted by molar-refractivity contribution is 8.15. The van der Waals surface area contributed by atoms with Gasteiger partial charge < -0.3 is 4.74 Å². The molecule has 1 atom stereocenters. The van der Waals surface area contributed by atoms with Crippen LogP contribution in [0.4, 0.5) is 0 Å². The molecule has 28 heavy (non-hydrogen) atoms. The highest BCUT2D eigenvalue weighted by atomic mass is 32.2. The number of methoxy groups -OCH3 is 1. The van der Waals surface area contributed by atoms with Gasteiger partial charge in [-0.2, -0.15) is 5.10 Å². The van der Waals surface area contributed by atoms with Gasteiger partial charge in [0.25, 0.3) is 0 Å². The highest BCUT2D eigenvalue weighted by Crippen LogP contribution is 2.31. The van der Waals surface area contributed by atoms with Crippen LogP contribution in [-0.4, -0.2) is 34.5 Å². The van der Waals surface area contributed by atoms with E-state index in [1.54, 1.807) is 18.2 Å². The van der Waals surface area contributed by atoms with E-state index in [-0.39, 0.29) is 11.2 Å². The third-order valence-corrected chi connectivity index (χ3v) is 5.99. The van der Waals surface area contributed by atoms with Gasteiger partial charge in [-0.3, -0.25) is 9.69 Å². The monoisotopic (exact) mass is 395 g/mol. The number of ether oxygens (including phenoxy) is 1. The van der Waals surface area contributed by atoms with Crippen molar-refractivity contribution in [3.05, 3.63) is 64.7 Å². The number of amides is 1. The van der Waals surface area contributed by atoms with Gasteiger partial charge >= 0.3 is 0 Å². The lowest BCUT2D eigenvalue weighted by Crippen LogP contribution is -2.31. The fourth-order valence-corrected chi connectivity index (χ4v) is 4.04. The van der Waals surface area contributed by atoms with Gasteiger partial charge in [-0.15, -0.1) is 5.10 Å². The van der Waals surface area contributed by atoms with Gasteiger partial charge in [0.2, 0.25) is 5.91 Å². The first-order valence-corrected chi connectivity index (χ1v) is 10.2. The Morgan fingerprint density at radius 3 is 2.57 bits per heavy atom. The van der Waals surface area contributed by atoms with Crippen molar-refractivity contribution < 1.29 is 9.53 Å². The van der Waals surface area contributed by atoms with E-state index >= 15 is 0 Å². The maximum absolute atomic E-state index is 12.7. The average molecular weight is 396 g/mol. The van der Waals surface area contributed by atoms with Crippen molar-refractivity contribution in [1.82, 2.24) is 4.90 Å². The number of hydrogen-bond donors (Lipinski definition) is 0. The molecule has 0 radical (unpaired) electrons. The number of amidine groups is 1. The number of hydrogen-bond acceptors (Lipinski definition) is 5. The maximum atomic E-state index is 12.7. The second-order valence-electron chi connectivity index (χ2n) is 6.77. The van der Waals surface area contributed by atoms with E-state index < -0.39 is 0 Å². The Morgan fingerprint density at radius 1 is 1.18 bits per heavy atom. The van der Waals surface area contributed by atoms with Crippen molar-refractivity contribution in [3.8, 4) is 5.75 Å². The van der Waals surface area contributed by atoms with Crippen molar-refractivity contribution >= 4 is 29.1 Å². The van der Waals surface area contributed by atoms with E-state index in [0.717, 1.165) is 28.9 Å². The standard InChI is InChI=1S/C22H25N3O2S/c1-5-20-21(26)25(14-17-7-10-19(27-4)11-8-17)22(28-20)24-23-13-18-9-6-15(2)12-16(18)3/h6-13,20H,5,14H2,1-4H3. The second-order valence-corrected chi connectivity index (χ2v) is 7.94. The molecule has 2 aromatic rings. The lowest BCUT2D eigenvalue weighted by molar-refractivity contribution is -0.126. The molecular weight excluding hydrogens is 370 g/mol. The molecule has 1 saturated heterocycles. The van der Waals surface area contributed by atoms with E-state index in [1.807, 2.05) is 37.3 Å². The van der Waals surface area contributed by atoms with Gasteiger partial charge in [0.1, 0.15) is 5.75 Å². The van der Waals surface area contributed by atoms with Gasteiger partial charge in [-0.25, -0.2) is 0 Å². The number of carbonyl (C=O) groups is 1. The molecule has 1 unspecified atom stereocenters. The summed E-state index contributed by atoms with van der Waals surface area (Å²) in [5, 5.41) is 9.18. The largest absolute Gasteiger partial charge is 0.497 e. The fraction of sp³-hybridized carbons (Fsp3) is 0.318. The number of aryl methyl sites for hydroxylation is 2. The molecule has 0 aromatic heterocycles. The Labute approximate surface area is 170 Å². The zero-order valence-corrected chi connectivity index (χ0v) is 17.5. The molecule has 6 heteroatoms. The first kappa shape index (κ1) is 20.1. The number of nitrogens with zero attached hydrogens (tertiary/aromatic N) is 3. The summed E-state index contributed by atoms with van der Waals surface area (Å²) in [6.45, 7) is 6.61. The summed E-state index contributed by atoms with van der Waals surface area (Å²) in [5.74, 6) is 0.882. The van der Waals surface area contributed by atoms with E-state index in [9.17, 15) is 4.79 Å². The Hall–Kier alpha value is -2.60. The van der Waals surface area contributed by atoms with Crippen LogP contribution in [0.3, 0.4) is 0 Å². The lowest BCUT2D eigenvalue weighted by atomic mass is 10.1. The number of thioether (sulfide) groups is 1. The Morgan fingerprint density at radius 2 is 1.93 bits per heavy atom. The van der Waals surface area contributed by atoms with E-state index in [2.05, 4.69) is 36.2 Å². The average Bonchev–Trinajstić information content (AvgIpc) is 2.99. The first-order valence-electron chi connectivity index (χ1n) is 9.31. The van der Waals surface area contributed by atoms with Crippen LogP contribution in [0.1, 0.15) is 35.6 Å². The molecule has 1 fully saturated rings. The van der Waals surface area contributed by atoms with E-state index in [4.69, 9.17) is 4.74 Å². The molecule has 1 amide bonds. The second kappa shape index (κ2) is 9.06. The quantitative estimate of drug-likeness (QED) is 0.532. The molecule has 1 heterocycles. The normalized spacial score (nSPS) is 18.4. The SMILES string of the molecule is CCC1SC(=NN=Cc2ccc(C)cc2C)N(Cc2ccc(OC)cc2)C1=O. The number of carbonyl (C=O) groups excluding carboxylic acids is 1. The van der Waals surface area contributed by atoms with Crippen molar-refractivity contribution in [2.45, 2.75) is 39.0 Å². The minimum Gasteiger partial charge on any atom is -0.497 e. The number of benzene rings is 2. The summed E-state index contributed by atoms with van der Waals surface area (Å²) < 4.78 is 5.20. The van der Waals surface area contributed by atoms with Gasteiger partial charge in [-0.1, -0.05) is 54.6 Å². The molecule has 0 saturated carbocycles. The molecule has 0 spiro atoms. The summed E-state index contributed by atoms with van der Waals surface area (Å²) in [5.41, 5.74) is 4.42. The molecule has 3 rings (SSSR count). The third-order valence-electron chi connectivity index (χ3n) is 4.66. The summed E-state index contributed by atoms with van der Waals surface area (Å²) in [4.78, 5) is 14.5. The van der Waals surface area contributed by atoms with Gasteiger partial charge in [0, 0.05) is 0 Å². The summed E-state index contributed by atoms with van der Waals surface area (Å²) in [6.07, 6.45) is 2.51. The van der Waals surface area contributed by atoms with Crippen LogP contribution >= 0.6 is 11.8 Å². The predicted molar refractivity (Wildman–Crippen MR) is 116 cm³/mol. The van der Waals surface area contributed by atoms with Crippen molar-refractivity contribution in [1.29, 1.82) is 0 Å². The molecule has 0 bridgehead atoms. The van der Waals surface area contributed by atoms with Crippen LogP contribution in [-0.2, 0) is 11.3 Å². The van der Waals surface area contributed by atoms with Crippen LogP contribution in [0.15, 0.2) is 52.7 Å². The van der Waals surface area contributed by atoms with Crippen LogP contribution in [0.25, 0.3) is 0 Å². The van der Waals surface area contributed by atoms with Gasteiger partial charge in [0.05, 0.1) is 25.1 Å². The maximum Gasteiger partial charge on any atom is 0.242 e. The summed E-state index contributed by atoms with van der Waals surface area (Å²) in [7, 11) is 1.64. The molecular formula is C22H25N3O2S. The Bertz CT molecular complexity index is 906. The predicted octanol–water partition coefficient (Wildman–Crippen LogP) is 4.56. The lowest BCUT2D eigenvalue weighted by Gasteiger charge is -2.16. The number of rotatable bonds is 6. The van der Waals surface area contributed by atoms with Gasteiger partial charge in [-0.05, 0) is 49.1 Å². The molecule has 0 N–H and O–H groups in total. The molecule has 1 aliphatic rings. The molecule has 2 aromatic carbocycles. The minimum atomic E-state index is -0.103. The molecule has 1 aliphatic heterocycles. The van der Waals surface area contributed by atoms with Crippen molar-refractivity contribution in [2.24, 2.45) is 10.2 Å². The summed E-state index contributed by atoms with van der Waals surface area (Å²) in [6, 6.07) is 13.9. The molecule has 0 aliphatic carbocycles. The topological polar surface area (TPSA) is 54.3 Å². The minimum absolute atomic E-state index is 0.0868. The van der Waals surface area contributed by atoms with Crippen LogP contribution in [0.2, 0.25) is 0 Å². The van der Waals surface area contributed by atoms with Crippen LogP contribution < -0.4 is 4.74 Å². The van der Waals surface area contributed by atoms with E-state index in [1.165, 1.54) is 17.3 Å². The van der Waals surface area contributed by atoms with E-state index in [0.29, 0.717) is 11.7 Å². The zero-order valence-electron chi connectivity index (χ0n) is 16.7. The highest BCUT2D eigenvalue weighted by Gasteiger charge is 2.36. The first-order chi connectivity index (χ1) is 13.5. The smallest absolute Gasteiger partial charge is 0.242 e. The Kier molecular flexibility index (Phi) is 6.52. The van der Waals surface area contributed by atoms with Crippen LogP contribution in [0.5, 0.6) is 5.75 Å². The van der Waals surface area contributed by atoms with Crippen molar-refractivity contribution in [2.75, 3.05) is 7.11 Å².